The number of fused-ring (bicyclic) bond motifs is 3. The number of amidine groups is 1. The average molecular weight is 476 g/mol. The Bertz CT molecular complexity index is 1550. The molecule has 0 saturated carbocycles. The molecule has 6 rings (SSSR count). The first-order chi connectivity index (χ1) is 17.5. The summed E-state index contributed by atoms with van der Waals surface area (Å²) in [4.78, 5) is 18.1. The van der Waals surface area contributed by atoms with Gasteiger partial charge in [-0.15, -0.1) is 0 Å². The van der Waals surface area contributed by atoms with Gasteiger partial charge in [0.2, 0.25) is 5.91 Å². The molecule has 4 N–H and O–H groups in total. The number of benzene rings is 4. The van der Waals surface area contributed by atoms with Crippen LogP contribution in [0.3, 0.4) is 0 Å². The lowest BCUT2D eigenvalue weighted by atomic mass is 9.90. The van der Waals surface area contributed by atoms with E-state index < -0.39 is 6.04 Å². The van der Waals surface area contributed by atoms with Crippen molar-refractivity contribution < 1.29 is 15.0 Å². The largest absolute Gasteiger partial charge is 0.508 e. The summed E-state index contributed by atoms with van der Waals surface area (Å²) >= 11 is 0. The highest BCUT2D eigenvalue weighted by Crippen LogP contribution is 2.37. The van der Waals surface area contributed by atoms with Gasteiger partial charge in [-0.2, -0.15) is 0 Å². The molecule has 1 amide bonds. The molecule has 0 saturated heterocycles. The van der Waals surface area contributed by atoms with Crippen molar-refractivity contribution in [1.29, 1.82) is 0 Å². The summed E-state index contributed by atoms with van der Waals surface area (Å²) in [6.07, 6.45) is 1.70. The summed E-state index contributed by atoms with van der Waals surface area (Å²) in [5, 5.41) is 28.6. The molecule has 0 spiro atoms. The first kappa shape index (κ1) is 21.9. The predicted octanol–water partition coefficient (Wildman–Crippen LogP) is 4.97. The van der Waals surface area contributed by atoms with E-state index in [1.54, 1.807) is 24.3 Å². The lowest BCUT2D eigenvalue weighted by molar-refractivity contribution is -0.119. The summed E-state index contributed by atoms with van der Waals surface area (Å²) in [6, 6.07) is 26.0. The Morgan fingerprint density at radius 3 is 2.50 bits per heavy atom. The summed E-state index contributed by atoms with van der Waals surface area (Å²) in [5.41, 5.74) is 5.65. The van der Waals surface area contributed by atoms with Crippen LogP contribution in [0.5, 0.6) is 11.5 Å². The second-order valence-electron chi connectivity index (χ2n) is 9.24. The normalized spacial score (nSPS) is 16.6. The number of hydrogen-bond acceptors (Lipinski definition) is 5. The molecule has 4 aromatic carbocycles. The zero-order valence-corrected chi connectivity index (χ0v) is 19.5. The summed E-state index contributed by atoms with van der Waals surface area (Å²) < 4.78 is 0. The van der Waals surface area contributed by atoms with Crippen LogP contribution in [-0.4, -0.2) is 22.0 Å². The zero-order chi connectivity index (χ0) is 24.6. The second-order valence-corrected chi connectivity index (χ2v) is 9.24. The standard InChI is InChI=1S/C30H25N3O3/c34-23-10-7-20(8-11-23)28-30(31-26-14-9-22-17-24(35)12-13-25(22)29(26)33-28)32-27(36)16-18-5-6-19-3-1-2-4-21(19)15-18/h1-8,10-13,15,17,28,33-35H,9,14,16H2,(H,31,32,36). The lowest BCUT2D eigenvalue weighted by Crippen LogP contribution is -2.43. The molecule has 1 aliphatic carbocycles. The van der Waals surface area contributed by atoms with Crippen LogP contribution in [0.15, 0.2) is 95.6 Å². The minimum absolute atomic E-state index is 0.139. The smallest absolute Gasteiger partial charge is 0.229 e. The van der Waals surface area contributed by atoms with E-state index in [-0.39, 0.29) is 23.8 Å². The Morgan fingerprint density at radius 2 is 1.67 bits per heavy atom. The van der Waals surface area contributed by atoms with Gasteiger partial charge in [0, 0.05) is 5.56 Å². The number of aromatic hydroxyl groups is 2. The highest BCUT2D eigenvalue weighted by molar-refractivity contribution is 6.04. The van der Waals surface area contributed by atoms with E-state index in [4.69, 9.17) is 4.99 Å². The van der Waals surface area contributed by atoms with Gasteiger partial charge in [0.1, 0.15) is 23.4 Å². The number of aryl methyl sites for hydroxylation is 1. The van der Waals surface area contributed by atoms with Crippen LogP contribution in [0.4, 0.5) is 0 Å². The minimum Gasteiger partial charge on any atom is -0.508 e. The molecule has 6 heteroatoms. The molecular formula is C30H25N3O3. The lowest BCUT2D eigenvalue weighted by Gasteiger charge is -2.33. The van der Waals surface area contributed by atoms with Gasteiger partial charge in [0.05, 0.1) is 17.8 Å². The molecule has 1 unspecified atom stereocenters. The van der Waals surface area contributed by atoms with Crippen LogP contribution < -0.4 is 10.6 Å². The van der Waals surface area contributed by atoms with E-state index in [1.807, 2.05) is 54.6 Å². The number of rotatable bonds is 3. The Balaban J connectivity index is 1.32. The molecule has 6 nitrogen and oxygen atoms in total. The maximum atomic E-state index is 13.1. The molecule has 4 aromatic rings. The van der Waals surface area contributed by atoms with Gasteiger partial charge in [0.15, 0.2) is 0 Å². The first-order valence-electron chi connectivity index (χ1n) is 12.0. The zero-order valence-electron chi connectivity index (χ0n) is 19.5. The number of aliphatic imine (C=N–C) groups is 1. The number of phenolic OH excluding ortho intramolecular Hbond substituents is 2. The van der Waals surface area contributed by atoms with Gasteiger partial charge in [-0.05, 0) is 70.6 Å². The van der Waals surface area contributed by atoms with E-state index in [1.165, 1.54) is 0 Å². The van der Waals surface area contributed by atoms with E-state index in [0.717, 1.165) is 50.8 Å². The fourth-order valence-corrected chi connectivity index (χ4v) is 4.99. The van der Waals surface area contributed by atoms with Crippen molar-refractivity contribution in [2.45, 2.75) is 25.3 Å². The maximum absolute atomic E-state index is 13.1. The third kappa shape index (κ3) is 4.18. The number of nitrogens with one attached hydrogen (secondary N) is 2. The topological polar surface area (TPSA) is 94.0 Å². The van der Waals surface area contributed by atoms with Crippen LogP contribution in [0.2, 0.25) is 0 Å². The van der Waals surface area contributed by atoms with Crippen LogP contribution in [0, 0.1) is 0 Å². The Morgan fingerprint density at radius 1 is 0.889 bits per heavy atom. The third-order valence-electron chi connectivity index (χ3n) is 6.77. The molecular weight excluding hydrogens is 450 g/mol. The molecule has 1 heterocycles. The molecule has 0 bridgehead atoms. The van der Waals surface area contributed by atoms with Crippen LogP contribution in [0.1, 0.15) is 34.7 Å². The van der Waals surface area contributed by atoms with E-state index >= 15 is 0 Å². The number of nitrogens with zero attached hydrogens (tertiary/aromatic N) is 1. The van der Waals surface area contributed by atoms with Gasteiger partial charge in [-0.1, -0.05) is 54.6 Å². The summed E-state index contributed by atoms with van der Waals surface area (Å²) in [7, 11) is 0. The molecule has 0 fully saturated rings. The van der Waals surface area contributed by atoms with Gasteiger partial charge in [-0.25, -0.2) is 4.99 Å². The van der Waals surface area contributed by atoms with Crippen molar-refractivity contribution in [3.8, 4) is 11.5 Å². The highest BCUT2D eigenvalue weighted by Gasteiger charge is 2.30. The van der Waals surface area contributed by atoms with Gasteiger partial charge in [-0.3, -0.25) is 4.79 Å². The van der Waals surface area contributed by atoms with Crippen molar-refractivity contribution in [2.24, 2.45) is 4.99 Å². The molecule has 1 atom stereocenters. The quantitative estimate of drug-likeness (QED) is 0.337. The van der Waals surface area contributed by atoms with Crippen LogP contribution in [0.25, 0.3) is 16.5 Å². The van der Waals surface area contributed by atoms with Crippen molar-refractivity contribution in [3.63, 3.8) is 0 Å². The molecule has 1 aliphatic heterocycles. The Labute approximate surface area is 208 Å². The SMILES string of the molecule is O=C(Cc1ccc2ccccc2c1)NC1=NC2=C(NC1c1ccc(O)cc1)c1ccc(O)cc1CC2. The van der Waals surface area contributed by atoms with Gasteiger partial charge in [0.25, 0.3) is 0 Å². The number of allylic oxidation sites excluding steroid dienone is 1. The van der Waals surface area contributed by atoms with Crippen molar-refractivity contribution in [2.75, 3.05) is 0 Å². The monoisotopic (exact) mass is 475 g/mol. The highest BCUT2D eigenvalue weighted by atomic mass is 16.3. The molecule has 36 heavy (non-hydrogen) atoms. The first-order valence-corrected chi connectivity index (χ1v) is 12.0. The van der Waals surface area contributed by atoms with E-state index in [0.29, 0.717) is 12.3 Å². The fraction of sp³-hybridized carbons (Fsp3) is 0.133. The van der Waals surface area contributed by atoms with E-state index in [2.05, 4.69) is 16.7 Å². The molecule has 2 aliphatic rings. The Hall–Kier alpha value is -4.58. The fourth-order valence-electron chi connectivity index (χ4n) is 4.99. The third-order valence-corrected chi connectivity index (χ3v) is 6.77. The summed E-state index contributed by atoms with van der Waals surface area (Å²) in [6.45, 7) is 0. The number of phenols is 2. The molecule has 0 radical (unpaired) electrons. The number of amides is 1. The molecule has 0 aromatic heterocycles. The minimum atomic E-state index is -0.398. The van der Waals surface area contributed by atoms with Gasteiger partial charge >= 0.3 is 0 Å². The maximum Gasteiger partial charge on any atom is 0.229 e. The van der Waals surface area contributed by atoms with Crippen molar-refractivity contribution >= 4 is 28.2 Å². The molecule has 178 valence electrons. The van der Waals surface area contributed by atoms with Crippen LogP contribution in [-0.2, 0) is 17.6 Å². The predicted molar refractivity (Wildman–Crippen MR) is 141 cm³/mol. The van der Waals surface area contributed by atoms with Gasteiger partial charge < -0.3 is 20.8 Å². The van der Waals surface area contributed by atoms with Crippen LogP contribution >= 0.6 is 0 Å². The summed E-state index contributed by atoms with van der Waals surface area (Å²) in [5.74, 6) is 0.813. The number of carbonyl (C=O) groups is 1. The van der Waals surface area contributed by atoms with E-state index in [9.17, 15) is 15.0 Å². The Kier molecular flexibility index (Phi) is 5.41. The number of carbonyl (C=O) groups excluding carboxylic acids is 1. The second kappa shape index (κ2) is 8.89. The number of hydrogen-bond donors (Lipinski definition) is 4. The average Bonchev–Trinajstić information content (AvgIpc) is 2.88. The van der Waals surface area contributed by atoms with Crippen molar-refractivity contribution in [3.05, 3.63) is 113 Å². The van der Waals surface area contributed by atoms with Crippen molar-refractivity contribution in [1.82, 2.24) is 10.6 Å².